The second kappa shape index (κ2) is 13.9. The minimum absolute atomic E-state index is 0.0679. The number of primary amides is 1. The zero-order valence-corrected chi connectivity index (χ0v) is 17.6. The number of nitrogens with one attached hydrogen (secondary N) is 3. The fraction of sp³-hybridized carbons (Fsp3) is 0.667. The standard InChI is InChI=1S/C18H31N5O8/c1-3-9(2)15(18(31)21-8-14(27)28)23-17(30)11(5-7-13(25)26)22-16(29)10(19)4-6-12(20)24/h9-11,15H,3-8,19H2,1-2H3,(H2,20,24)(H,21,31)(H,22,29)(H,23,30)(H,25,26)(H,27,28). The van der Waals surface area contributed by atoms with E-state index in [-0.39, 0.29) is 25.2 Å². The highest BCUT2D eigenvalue weighted by Gasteiger charge is 2.31. The number of rotatable bonds is 15. The Hall–Kier alpha value is -3.22. The smallest absolute Gasteiger partial charge is 0.322 e. The highest BCUT2D eigenvalue weighted by molar-refractivity contribution is 5.94. The minimum atomic E-state index is -1.32. The second-order valence-corrected chi connectivity index (χ2v) is 7.09. The summed E-state index contributed by atoms with van der Waals surface area (Å²) < 4.78 is 0. The predicted molar refractivity (Wildman–Crippen MR) is 107 cm³/mol. The summed E-state index contributed by atoms with van der Waals surface area (Å²) in [7, 11) is 0. The highest BCUT2D eigenvalue weighted by Crippen LogP contribution is 2.10. The van der Waals surface area contributed by atoms with E-state index in [1.54, 1.807) is 13.8 Å². The maximum atomic E-state index is 12.7. The van der Waals surface area contributed by atoms with Gasteiger partial charge in [0.25, 0.3) is 0 Å². The molecule has 0 aliphatic carbocycles. The maximum Gasteiger partial charge on any atom is 0.322 e. The van der Waals surface area contributed by atoms with Crippen molar-refractivity contribution >= 4 is 35.6 Å². The lowest BCUT2D eigenvalue weighted by Gasteiger charge is -2.26. The molecule has 0 saturated carbocycles. The number of aliphatic carboxylic acids is 2. The molecule has 4 unspecified atom stereocenters. The van der Waals surface area contributed by atoms with Crippen LogP contribution in [-0.4, -0.2) is 70.5 Å². The van der Waals surface area contributed by atoms with E-state index >= 15 is 0 Å². The maximum absolute atomic E-state index is 12.7. The Morgan fingerprint density at radius 2 is 1.48 bits per heavy atom. The zero-order valence-electron chi connectivity index (χ0n) is 17.6. The van der Waals surface area contributed by atoms with Gasteiger partial charge >= 0.3 is 11.9 Å². The fourth-order valence-corrected chi connectivity index (χ4v) is 2.47. The van der Waals surface area contributed by atoms with Crippen LogP contribution in [0.1, 0.15) is 46.0 Å². The van der Waals surface area contributed by atoms with E-state index in [0.29, 0.717) is 6.42 Å². The van der Waals surface area contributed by atoms with Gasteiger partial charge in [0, 0.05) is 12.8 Å². The van der Waals surface area contributed by atoms with Gasteiger partial charge in [0.2, 0.25) is 23.6 Å². The van der Waals surface area contributed by atoms with Gasteiger partial charge in [-0.15, -0.1) is 0 Å². The largest absolute Gasteiger partial charge is 0.481 e. The molecule has 4 atom stereocenters. The molecule has 0 heterocycles. The van der Waals surface area contributed by atoms with E-state index in [2.05, 4.69) is 16.0 Å². The third-order valence-corrected chi connectivity index (χ3v) is 4.53. The summed E-state index contributed by atoms with van der Waals surface area (Å²) in [5.41, 5.74) is 10.7. The SMILES string of the molecule is CCC(C)C(NC(=O)C(CCC(=O)O)NC(=O)C(N)CCC(N)=O)C(=O)NCC(=O)O. The van der Waals surface area contributed by atoms with Gasteiger partial charge in [-0.3, -0.25) is 28.8 Å². The van der Waals surface area contributed by atoms with E-state index in [4.69, 9.17) is 21.7 Å². The summed E-state index contributed by atoms with van der Waals surface area (Å²) in [5.74, 6) is -5.86. The van der Waals surface area contributed by atoms with E-state index in [0.717, 1.165) is 0 Å². The Morgan fingerprint density at radius 1 is 0.871 bits per heavy atom. The summed E-state index contributed by atoms with van der Waals surface area (Å²) in [4.78, 5) is 69.7. The van der Waals surface area contributed by atoms with Crippen molar-refractivity contribution in [2.75, 3.05) is 6.54 Å². The lowest BCUT2D eigenvalue weighted by molar-refractivity contribution is -0.139. The molecule has 0 saturated heterocycles. The molecule has 9 N–H and O–H groups in total. The van der Waals surface area contributed by atoms with Gasteiger partial charge in [-0.1, -0.05) is 20.3 Å². The molecular weight excluding hydrogens is 414 g/mol. The lowest BCUT2D eigenvalue weighted by atomic mass is 9.97. The molecule has 31 heavy (non-hydrogen) atoms. The van der Waals surface area contributed by atoms with E-state index in [9.17, 15) is 28.8 Å². The van der Waals surface area contributed by atoms with Gasteiger partial charge in [-0.25, -0.2) is 0 Å². The summed E-state index contributed by atoms with van der Waals surface area (Å²) in [6, 6.07) is -3.58. The van der Waals surface area contributed by atoms with Gasteiger partial charge in [0.15, 0.2) is 0 Å². The van der Waals surface area contributed by atoms with Crippen LogP contribution in [0.25, 0.3) is 0 Å². The van der Waals surface area contributed by atoms with Crippen molar-refractivity contribution in [2.24, 2.45) is 17.4 Å². The zero-order chi connectivity index (χ0) is 24.1. The van der Waals surface area contributed by atoms with Gasteiger partial charge in [-0.05, 0) is 18.8 Å². The quantitative estimate of drug-likeness (QED) is 0.143. The summed E-state index contributed by atoms with van der Waals surface area (Å²) >= 11 is 0. The van der Waals surface area contributed by atoms with Crippen LogP contribution >= 0.6 is 0 Å². The van der Waals surface area contributed by atoms with Crippen LogP contribution in [0, 0.1) is 5.92 Å². The van der Waals surface area contributed by atoms with Crippen LogP contribution in [-0.2, 0) is 28.8 Å². The molecule has 0 spiro atoms. The Balaban J connectivity index is 5.34. The molecule has 0 aliphatic heterocycles. The molecule has 0 aromatic carbocycles. The summed E-state index contributed by atoms with van der Waals surface area (Å²) in [6.07, 6.45) is -0.481. The molecule has 13 nitrogen and oxygen atoms in total. The van der Waals surface area contributed by atoms with Crippen LogP contribution in [0.15, 0.2) is 0 Å². The first kappa shape index (κ1) is 27.8. The molecule has 0 aromatic rings. The Kier molecular flexibility index (Phi) is 12.5. The van der Waals surface area contributed by atoms with Crippen molar-refractivity contribution < 1.29 is 39.0 Å². The Bertz CT molecular complexity index is 684. The number of carbonyl (C=O) groups excluding carboxylic acids is 4. The van der Waals surface area contributed by atoms with Crippen molar-refractivity contribution in [3.63, 3.8) is 0 Å². The van der Waals surface area contributed by atoms with Crippen molar-refractivity contribution in [1.82, 2.24) is 16.0 Å². The third-order valence-electron chi connectivity index (χ3n) is 4.53. The van der Waals surface area contributed by atoms with E-state index in [1.165, 1.54) is 0 Å². The molecule has 0 rings (SSSR count). The van der Waals surface area contributed by atoms with Crippen molar-refractivity contribution in [2.45, 2.75) is 64.1 Å². The molecule has 0 fully saturated rings. The number of hydrogen-bond donors (Lipinski definition) is 7. The Morgan fingerprint density at radius 3 is 1.97 bits per heavy atom. The van der Waals surface area contributed by atoms with E-state index < -0.39 is 66.7 Å². The van der Waals surface area contributed by atoms with Gasteiger partial charge in [0.05, 0.1) is 6.04 Å². The van der Waals surface area contributed by atoms with Crippen molar-refractivity contribution in [3.05, 3.63) is 0 Å². The van der Waals surface area contributed by atoms with Crippen LogP contribution in [0.4, 0.5) is 0 Å². The molecule has 176 valence electrons. The first-order valence-corrected chi connectivity index (χ1v) is 9.74. The topological polar surface area (TPSA) is 231 Å². The molecule has 0 bridgehead atoms. The third kappa shape index (κ3) is 11.5. The molecule has 0 aromatic heterocycles. The normalized spacial score (nSPS) is 14.4. The number of carboxylic acid groups (broad SMARTS) is 2. The molecule has 0 radical (unpaired) electrons. The number of amides is 4. The second-order valence-electron chi connectivity index (χ2n) is 7.09. The number of carboxylic acids is 2. The predicted octanol–water partition coefficient (Wildman–Crippen LogP) is -2.34. The first-order chi connectivity index (χ1) is 14.4. The number of hydrogen-bond acceptors (Lipinski definition) is 7. The number of carbonyl (C=O) groups is 6. The van der Waals surface area contributed by atoms with Gasteiger partial charge in [-0.2, -0.15) is 0 Å². The highest BCUT2D eigenvalue weighted by atomic mass is 16.4. The van der Waals surface area contributed by atoms with E-state index in [1.807, 2.05) is 0 Å². The van der Waals surface area contributed by atoms with Crippen molar-refractivity contribution in [3.8, 4) is 0 Å². The first-order valence-electron chi connectivity index (χ1n) is 9.74. The van der Waals surface area contributed by atoms with Crippen LogP contribution in [0.2, 0.25) is 0 Å². The van der Waals surface area contributed by atoms with Crippen LogP contribution < -0.4 is 27.4 Å². The van der Waals surface area contributed by atoms with Crippen molar-refractivity contribution in [1.29, 1.82) is 0 Å². The number of nitrogens with two attached hydrogens (primary N) is 2. The average Bonchev–Trinajstić information content (AvgIpc) is 2.69. The fourth-order valence-electron chi connectivity index (χ4n) is 2.47. The van der Waals surface area contributed by atoms with Gasteiger partial charge < -0.3 is 37.6 Å². The van der Waals surface area contributed by atoms with Gasteiger partial charge in [0.1, 0.15) is 18.6 Å². The summed E-state index contributed by atoms with van der Waals surface area (Å²) in [6.45, 7) is 2.78. The molecule has 13 heteroatoms. The average molecular weight is 445 g/mol. The van der Waals surface area contributed by atoms with Crippen LogP contribution in [0.5, 0.6) is 0 Å². The molecular formula is C18H31N5O8. The lowest BCUT2D eigenvalue weighted by Crippen LogP contribution is -2.57. The Labute approximate surface area is 179 Å². The summed E-state index contributed by atoms with van der Waals surface area (Å²) in [5, 5.41) is 24.6. The minimum Gasteiger partial charge on any atom is -0.481 e. The molecule has 4 amide bonds. The van der Waals surface area contributed by atoms with Crippen LogP contribution in [0.3, 0.4) is 0 Å². The monoisotopic (exact) mass is 445 g/mol. The molecule has 0 aliphatic rings.